The van der Waals surface area contributed by atoms with Crippen molar-refractivity contribution in [2.75, 3.05) is 19.7 Å². The molecule has 0 aliphatic carbocycles. The van der Waals surface area contributed by atoms with Gasteiger partial charge in [-0.3, -0.25) is 9.59 Å². The Hall–Kier alpha value is -1.46. The molecule has 1 saturated heterocycles. The number of amides is 2. The fourth-order valence-corrected chi connectivity index (χ4v) is 3.18. The van der Waals surface area contributed by atoms with E-state index in [4.69, 9.17) is 27.9 Å². The van der Waals surface area contributed by atoms with Crippen LogP contribution in [0.3, 0.4) is 0 Å². The molecule has 0 spiro atoms. The molecule has 1 heterocycles. The largest absolute Gasteiger partial charge is 0.492 e. The van der Waals surface area contributed by atoms with E-state index in [-0.39, 0.29) is 17.9 Å². The number of piperidine rings is 1. The SMILES string of the molecule is CC(=O)NC1CCN(C(=O)CCCOc2ccc(Cl)cc2Cl)CC1. The molecule has 1 fully saturated rings. The second-order valence-corrected chi connectivity index (χ2v) is 6.73. The highest BCUT2D eigenvalue weighted by Crippen LogP contribution is 2.27. The van der Waals surface area contributed by atoms with E-state index in [1.807, 2.05) is 4.90 Å². The molecule has 0 saturated carbocycles. The Balaban J connectivity index is 1.66. The van der Waals surface area contributed by atoms with Gasteiger partial charge in [0, 0.05) is 37.5 Å². The van der Waals surface area contributed by atoms with Crippen LogP contribution in [0.5, 0.6) is 5.75 Å². The predicted octanol–water partition coefficient (Wildman–Crippen LogP) is 3.28. The lowest BCUT2D eigenvalue weighted by molar-refractivity contribution is -0.132. The average molecular weight is 373 g/mol. The van der Waals surface area contributed by atoms with Crippen LogP contribution >= 0.6 is 23.2 Å². The predicted molar refractivity (Wildman–Crippen MR) is 94.6 cm³/mol. The minimum absolute atomic E-state index is 0.0159. The van der Waals surface area contributed by atoms with Crippen molar-refractivity contribution >= 4 is 35.0 Å². The summed E-state index contributed by atoms with van der Waals surface area (Å²) in [4.78, 5) is 25.1. The molecule has 1 aromatic rings. The molecule has 0 atom stereocenters. The summed E-state index contributed by atoms with van der Waals surface area (Å²) >= 11 is 11.9. The maximum absolute atomic E-state index is 12.2. The Morgan fingerprint density at radius 3 is 2.62 bits per heavy atom. The zero-order chi connectivity index (χ0) is 17.5. The fraction of sp³-hybridized carbons (Fsp3) is 0.529. The molecule has 2 amide bonds. The van der Waals surface area contributed by atoms with Crippen LogP contribution in [0, 0.1) is 0 Å². The number of nitrogens with one attached hydrogen (secondary N) is 1. The van der Waals surface area contributed by atoms with Crippen molar-refractivity contribution in [2.24, 2.45) is 0 Å². The van der Waals surface area contributed by atoms with Crippen molar-refractivity contribution in [3.05, 3.63) is 28.2 Å². The Morgan fingerprint density at radius 2 is 2.00 bits per heavy atom. The van der Waals surface area contributed by atoms with Gasteiger partial charge in [-0.2, -0.15) is 0 Å². The summed E-state index contributed by atoms with van der Waals surface area (Å²) in [5, 5.41) is 3.93. The van der Waals surface area contributed by atoms with Gasteiger partial charge < -0.3 is 15.0 Å². The molecule has 1 aliphatic heterocycles. The van der Waals surface area contributed by atoms with Gasteiger partial charge in [0.15, 0.2) is 0 Å². The van der Waals surface area contributed by atoms with Crippen LogP contribution in [-0.4, -0.2) is 42.5 Å². The number of halogens is 2. The van der Waals surface area contributed by atoms with Crippen LogP contribution < -0.4 is 10.1 Å². The van der Waals surface area contributed by atoms with Crippen molar-refractivity contribution in [1.29, 1.82) is 0 Å². The minimum atomic E-state index is -0.0159. The molecule has 24 heavy (non-hydrogen) atoms. The first-order chi connectivity index (χ1) is 11.5. The van der Waals surface area contributed by atoms with E-state index in [9.17, 15) is 9.59 Å². The van der Waals surface area contributed by atoms with Gasteiger partial charge in [-0.1, -0.05) is 23.2 Å². The van der Waals surface area contributed by atoms with Crippen molar-refractivity contribution in [3.63, 3.8) is 0 Å². The van der Waals surface area contributed by atoms with Crippen LogP contribution in [0.15, 0.2) is 18.2 Å². The lowest BCUT2D eigenvalue weighted by atomic mass is 10.0. The Labute approximate surface area is 152 Å². The molecular weight excluding hydrogens is 351 g/mol. The monoisotopic (exact) mass is 372 g/mol. The summed E-state index contributed by atoms with van der Waals surface area (Å²) in [6.45, 7) is 3.32. The third kappa shape index (κ3) is 5.87. The van der Waals surface area contributed by atoms with Crippen molar-refractivity contribution < 1.29 is 14.3 Å². The normalized spacial score (nSPS) is 15.2. The summed E-state index contributed by atoms with van der Waals surface area (Å²) in [6, 6.07) is 5.25. The number of hydrogen-bond acceptors (Lipinski definition) is 3. The number of rotatable bonds is 6. The molecule has 0 radical (unpaired) electrons. The number of carbonyl (C=O) groups is 2. The van der Waals surface area contributed by atoms with Crippen LogP contribution in [0.1, 0.15) is 32.6 Å². The van der Waals surface area contributed by atoms with E-state index in [1.165, 1.54) is 6.92 Å². The van der Waals surface area contributed by atoms with Gasteiger partial charge in [0.25, 0.3) is 0 Å². The standard InChI is InChI=1S/C17H22Cl2N2O3/c1-12(22)20-14-6-8-21(9-7-14)17(23)3-2-10-24-16-5-4-13(18)11-15(16)19/h4-5,11,14H,2-3,6-10H2,1H3,(H,20,22). The Kier molecular flexibility index (Phi) is 7.18. The molecule has 0 unspecified atom stereocenters. The number of nitrogens with zero attached hydrogens (tertiary/aromatic N) is 1. The second-order valence-electron chi connectivity index (χ2n) is 5.88. The number of carbonyl (C=O) groups excluding carboxylic acids is 2. The summed E-state index contributed by atoms with van der Waals surface area (Å²) < 4.78 is 5.58. The first-order valence-electron chi connectivity index (χ1n) is 8.08. The van der Waals surface area contributed by atoms with Crippen LogP contribution in [0.25, 0.3) is 0 Å². The Morgan fingerprint density at radius 1 is 1.29 bits per heavy atom. The summed E-state index contributed by atoms with van der Waals surface area (Å²) in [5.74, 6) is 0.685. The van der Waals surface area contributed by atoms with Crippen molar-refractivity contribution in [2.45, 2.75) is 38.6 Å². The lowest BCUT2D eigenvalue weighted by Crippen LogP contribution is -2.46. The van der Waals surface area contributed by atoms with Crippen molar-refractivity contribution in [1.82, 2.24) is 10.2 Å². The van der Waals surface area contributed by atoms with Gasteiger partial charge in [0.2, 0.25) is 11.8 Å². The molecular formula is C17H22Cl2N2O3. The highest BCUT2D eigenvalue weighted by molar-refractivity contribution is 6.35. The molecule has 0 bridgehead atoms. The molecule has 7 heteroatoms. The summed E-state index contributed by atoms with van der Waals surface area (Å²) in [5.41, 5.74) is 0. The maximum atomic E-state index is 12.2. The topological polar surface area (TPSA) is 58.6 Å². The molecule has 2 rings (SSSR count). The maximum Gasteiger partial charge on any atom is 0.222 e. The van der Waals surface area contributed by atoms with Gasteiger partial charge in [-0.05, 0) is 37.5 Å². The average Bonchev–Trinajstić information content (AvgIpc) is 2.53. The quantitative estimate of drug-likeness (QED) is 0.779. The van der Waals surface area contributed by atoms with E-state index < -0.39 is 0 Å². The Bertz CT molecular complexity index is 587. The van der Waals surface area contributed by atoms with Crippen LogP contribution in [0.2, 0.25) is 10.0 Å². The van der Waals surface area contributed by atoms with Gasteiger partial charge >= 0.3 is 0 Å². The molecule has 1 aromatic carbocycles. The third-order valence-corrected chi connectivity index (χ3v) is 4.47. The third-order valence-electron chi connectivity index (χ3n) is 3.94. The summed E-state index contributed by atoms with van der Waals surface area (Å²) in [6.07, 6.45) is 2.68. The van der Waals surface area contributed by atoms with Gasteiger partial charge in [-0.15, -0.1) is 0 Å². The van der Waals surface area contributed by atoms with E-state index in [1.54, 1.807) is 18.2 Å². The van der Waals surface area contributed by atoms with Crippen molar-refractivity contribution in [3.8, 4) is 5.75 Å². The zero-order valence-corrected chi connectivity index (χ0v) is 15.2. The molecule has 0 aromatic heterocycles. The number of likely N-dealkylation sites (tertiary alicyclic amines) is 1. The second kappa shape index (κ2) is 9.14. The zero-order valence-electron chi connectivity index (χ0n) is 13.7. The molecule has 1 aliphatic rings. The lowest BCUT2D eigenvalue weighted by Gasteiger charge is -2.32. The highest BCUT2D eigenvalue weighted by atomic mass is 35.5. The van der Waals surface area contributed by atoms with E-state index in [0.29, 0.717) is 48.3 Å². The minimum Gasteiger partial charge on any atom is -0.492 e. The smallest absolute Gasteiger partial charge is 0.222 e. The number of hydrogen-bond donors (Lipinski definition) is 1. The molecule has 1 N–H and O–H groups in total. The van der Waals surface area contributed by atoms with E-state index >= 15 is 0 Å². The van der Waals surface area contributed by atoms with Crippen LogP contribution in [0.4, 0.5) is 0 Å². The van der Waals surface area contributed by atoms with Gasteiger partial charge in [0.05, 0.1) is 11.6 Å². The highest BCUT2D eigenvalue weighted by Gasteiger charge is 2.22. The number of benzene rings is 1. The molecule has 5 nitrogen and oxygen atoms in total. The van der Waals surface area contributed by atoms with Gasteiger partial charge in [-0.25, -0.2) is 0 Å². The van der Waals surface area contributed by atoms with Crippen LogP contribution in [-0.2, 0) is 9.59 Å². The van der Waals surface area contributed by atoms with E-state index in [0.717, 1.165) is 12.8 Å². The van der Waals surface area contributed by atoms with E-state index in [2.05, 4.69) is 5.32 Å². The van der Waals surface area contributed by atoms with Gasteiger partial charge in [0.1, 0.15) is 5.75 Å². The first kappa shape index (κ1) is 18.9. The first-order valence-corrected chi connectivity index (χ1v) is 8.84. The fourth-order valence-electron chi connectivity index (χ4n) is 2.72. The molecule has 132 valence electrons. The number of ether oxygens (including phenoxy) is 1. The summed E-state index contributed by atoms with van der Waals surface area (Å²) in [7, 11) is 0.